The summed E-state index contributed by atoms with van der Waals surface area (Å²) >= 11 is 0. The Labute approximate surface area is 236 Å². The molecule has 0 amide bonds. The topological polar surface area (TPSA) is 123 Å². The van der Waals surface area contributed by atoms with Gasteiger partial charge in [0.2, 0.25) is 0 Å². The van der Waals surface area contributed by atoms with Crippen molar-refractivity contribution in [3.05, 3.63) is 72.6 Å². The van der Waals surface area contributed by atoms with E-state index in [4.69, 9.17) is 4.98 Å². The van der Waals surface area contributed by atoms with E-state index in [9.17, 15) is 4.39 Å². The second-order valence-corrected chi connectivity index (χ2v) is 10.1. The van der Waals surface area contributed by atoms with E-state index in [1.54, 1.807) is 12.4 Å². The highest BCUT2D eigenvalue weighted by Crippen LogP contribution is 2.32. The number of aromatic amines is 2. The third-order valence-corrected chi connectivity index (χ3v) is 6.80. The lowest BCUT2D eigenvalue weighted by Gasteiger charge is -2.12. The smallest absolute Gasteiger partial charge is 0.159 e. The van der Waals surface area contributed by atoms with Crippen LogP contribution in [0, 0.1) is 5.82 Å². The molecule has 4 N–H and O–H groups in total. The van der Waals surface area contributed by atoms with Crippen molar-refractivity contribution in [2.75, 3.05) is 39.0 Å². The van der Waals surface area contributed by atoms with E-state index >= 15 is 0 Å². The van der Waals surface area contributed by atoms with Crippen molar-refractivity contribution < 1.29 is 4.39 Å². The number of nitrogens with one attached hydrogen (secondary N) is 4. The van der Waals surface area contributed by atoms with Gasteiger partial charge in [-0.1, -0.05) is 6.92 Å². The fraction of sp³-hybridized carbons (Fsp3) is 0.233. The molecule has 0 saturated heterocycles. The summed E-state index contributed by atoms with van der Waals surface area (Å²) in [4.78, 5) is 23.9. The molecule has 41 heavy (non-hydrogen) atoms. The largest absolute Gasteiger partial charge is 0.384 e. The van der Waals surface area contributed by atoms with Crippen LogP contribution in [0.3, 0.4) is 0 Å². The Morgan fingerprint density at radius 2 is 1.85 bits per heavy atom. The van der Waals surface area contributed by atoms with Crippen LogP contribution in [0.2, 0.25) is 0 Å². The first-order valence-electron chi connectivity index (χ1n) is 13.5. The van der Waals surface area contributed by atoms with Gasteiger partial charge in [-0.15, -0.1) is 0 Å². The van der Waals surface area contributed by atoms with Gasteiger partial charge in [-0.05, 0) is 62.6 Å². The number of rotatable bonds is 10. The lowest BCUT2D eigenvalue weighted by Crippen LogP contribution is -2.20. The SMILES string of the molecule is CCNCc1cncc(-c2cc3c(-c4nc5c(-c6cc(F)cc(NCCN(C)C)c6)nccc5[nH]4)n[nH]c3cn2)c1. The first-order valence-corrected chi connectivity index (χ1v) is 13.5. The molecule has 6 rings (SSSR count). The van der Waals surface area contributed by atoms with E-state index in [2.05, 4.69) is 58.7 Å². The van der Waals surface area contributed by atoms with E-state index in [1.807, 2.05) is 44.7 Å². The molecule has 0 aliphatic heterocycles. The molecule has 0 unspecified atom stereocenters. The zero-order chi connectivity index (χ0) is 28.3. The average Bonchev–Trinajstić information content (AvgIpc) is 3.59. The molecule has 0 spiro atoms. The van der Waals surface area contributed by atoms with Gasteiger partial charge in [0.25, 0.3) is 0 Å². The molecular formula is C30H31FN10. The van der Waals surface area contributed by atoms with Crippen LogP contribution >= 0.6 is 0 Å². The van der Waals surface area contributed by atoms with Gasteiger partial charge in [-0.2, -0.15) is 5.10 Å². The van der Waals surface area contributed by atoms with E-state index in [1.165, 1.54) is 12.1 Å². The molecule has 0 radical (unpaired) electrons. The van der Waals surface area contributed by atoms with Crippen molar-refractivity contribution in [1.82, 2.24) is 45.3 Å². The second-order valence-electron chi connectivity index (χ2n) is 10.1. The van der Waals surface area contributed by atoms with Crippen molar-refractivity contribution in [3.63, 3.8) is 0 Å². The maximum absolute atomic E-state index is 14.6. The normalized spacial score (nSPS) is 11.6. The first kappa shape index (κ1) is 26.5. The maximum Gasteiger partial charge on any atom is 0.159 e. The molecule has 0 saturated carbocycles. The molecule has 10 nitrogen and oxygen atoms in total. The van der Waals surface area contributed by atoms with E-state index in [0.29, 0.717) is 40.5 Å². The van der Waals surface area contributed by atoms with E-state index in [-0.39, 0.29) is 5.82 Å². The number of hydrogen-bond donors (Lipinski definition) is 4. The number of imidazole rings is 1. The van der Waals surface area contributed by atoms with Crippen LogP contribution < -0.4 is 10.6 Å². The van der Waals surface area contributed by atoms with Crippen molar-refractivity contribution in [2.45, 2.75) is 13.5 Å². The highest BCUT2D eigenvalue weighted by molar-refractivity contribution is 5.97. The van der Waals surface area contributed by atoms with Gasteiger partial charge in [0.15, 0.2) is 5.82 Å². The predicted molar refractivity (Wildman–Crippen MR) is 160 cm³/mol. The van der Waals surface area contributed by atoms with E-state index in [0.717, 1.165) is 52.9 Å². The van der Waals surface area contributed by atoms with Crippen LogP contribution in [-0.4, -0.2) is 73.7 Å². The van der Waals surface area contributed by atoms with Gasteiger partial charge >= 0.3 is 0 Å². The number of likely N-dealkylation sites (N-methyl/N-ethyl adjacent to an activating group) is 1. The van der Waals surface area contributed by atoms with Crippen molar-refractivity contribution in [1.29, 1.82) is 0 Å². The fourth-order valence-corrected chi connectivity index (χ4v) is 4.76. The molecule has 0 fully saturated rings. The van der Waals surface area contributed by atoms with E-state index < -0.39 is 0 Å². The molecular weight excluding hydrogens is 519 g/mol. The Morgan fingerprint density at radius 3 is 2.71 bits per heavy atom. The Balaban J connectivity index is 1.37. The lowest BCUT2D eigenvalue weighted by atomic mass is 10.1. The minimum absolute atomic E-state index is 0.341. The Kier molecular flexibility index (Phi) is 7.36. The number of halogens is 1. The summed E-state index contributed by atoms with van der Waals surface area (Å²) in [6.07, 6.45) is 7.13. The zero-order valence-electron chi connectivity index (χ0n) is 23.2. The number of benzene rings is 1. The summed E-state index contributed by atoms with van der Waals surface area (Å²) in [5.41, 5.74) is 7.59. The summed E-state index contributed by atoms with van der Waals surface area (Å²) in [5.74, 6) is 0.240. The van der Waals surface area contributed by atoms with Crippen molar-refractivity contribution in [2.24, 2.45) is 0 Å². The highest BCUT2D eigenvalue weighted by atomic mass is 19.1. The predicted octanol–water partition coefficient (Wildman–Crippen LogP) is 4.85. The summed E-state index contributed by atoms with van der Waals surface area (Å²) in [6, 6.07) is 10.8. The third-order valence-electron chi connectivity index (χ3n) is 6.80. The Hall–Kier alpha value is -4.74. The molecule has 11 heteroatoms. The zero-order valence-corrected chi connectivity index (χ0v) is 23.2. The molecule has 208 valence electrons. The number of nitrogens with zero attached hydrogens (tertiary/aromatic N) is 6. The summed E-state index contributed by atoms with van der Waals surface area (Å²) < 4.78 is 14.6. The van der Waals surface area contributed by atoms with Gasteiger partial charge in [-0.3, -0.25) is 20.1 Å². The molecule has 1 aromatic carbocycles. The first-order chi connectivity index (χ1) is 20.0. The van der Waals surface area contributed by atoms with Gasteiger partial charge in [-0.25, -0.2) is 9.37 Å². The van der Waals surface area contributed by atoms with Crippen LogP contribution in [0.1, 0.15) is 12.5 Å². The Morgan fingerprint density at radius 1 is 0.951 bits per heavy atom. The molecule has 0 bridgehead atoms. The van der Waals surface area contributed by atoms with Crippen LogP contribution in [0.25, 0.3) is 56.0 Å². The van der Waals surface area contributed by atoms with Crippen LogP contribution in [-0.2, 0) is 6.54 Å². The summed E-state index contributed by atoms with van der Waals surface area (Å²) in [6.45, 7) is 5.22. The average molecular weight is 551 g/mol. The quantitative estimate of drug-likeness (QED) is 0.191. The van der Waals surface area contributed by atoms with Crippen molar-refractivity contribution in [3.8, 4) is 34.0 Å². The Bertz CT molecular complexity index is 1820. The number of H-pyrrole nitrogens is 2. The molecule has 5 heterocycles. The van der Waals surface area contributed by atoms with Crippen LogP contribution in [0.15, 0.2) is 61.2 Å². The number of fused-ring (bicyclic) bond motifs is 2. The molecule has 5 aromatic heterocycles. The minimum atomic E-state index is -0.341. The number of anilines is 1. The summed E-state index contributed by atoms with van der Waals surface area (Å²) in [5, 5.41) is 15.1. The molecule has 0 aliphatic rings. The number of pyridine rings is 3. The maximum atomic E-state index is 14.6. The fourth-order valence-electron chi connectivity index (χ4n) is 4.76. The van der Waals surface area contributed by atoms with Gasteiger partial charge in [0.05, 0.1) is 28.6 Å². The third kappa shape index (κ3) is 5.63. The standard InChI is InChI=1S/C30H31FN10/c1-4-32-14-18-9-20(16-33-15-18)25-13-23-26(17-36-25)39-40-28(23)30-37-24-5-6-35-27(29(24)38-30)19-10-21(31)12-22(11-19)34-7-8-41(2)3/h5-6,9-13,15-17,32,34H,4,7-8,14H2,1-3H3,(H,37,38)(H,39,40). The summed E-state index contributed by atoms with van der Waals surface area (Å²) in [7, 11) is 4.00. The van der Waals surface area contributed by atoms with Crippen LogP contribution in [0.4, 0.5) is 10.1 Å². The number of hydrogen-bond acceptors (Lipinski definition) is 8. The highest BCUT2D eigenvalue weighted by Gasteiger charge is 2.18. The molecule has 0 atom stereocenters. The van der Waals surface area contributed by atoms with Crippen LogP contribution in [0.5, 0.6) is 0 Å². The van der Waals surface area contributed by atoms with Gasteiger partial charge < -0.3 is 20.5 Å². The van der Waals surface area contributed by atoms with Gasteiger partial charge in [0, 0.05) is 60.4 Å². The monoisotopic (exact) mass is 550 g/mol. The lowest BCUT2D eigenvalue weighted by molar-refractivity contribution is 0.425. The molecule has 6 aromatic rings. The molecule has 0 aliphatic carbocycles. The second kappa shape index (κ2) is 11.4. The van der Waals surface area contributed by atoms with Crippen molar-refractivity contribution >= 4 is 27.6 Å². The minimum Gasteiger partial charge on any atom is -0.384 e. The van der Waals surface area contributed by atoms with Gasteiger partial charge in [0.1, 0.15) is 17.0 Å². The number of aromatic nitrogens is 7.